The van der Waals surface area contributed by atoms with E-state index in [0.29, 0.717) is 6.42 Å². The van der Waals surface area contributed by atoms with E-state index >= 15 is 0 Å². The molecular formula is C18H19NO2. The molecule has 3 rings (SSSR count). The van der Waals surface area contributed by atoms with Gasteiger partial charge in [-0.25, -0.2) is 0 Å². The van der Waals surface area contributed by atoms with E-state index in [1.165, 1.54) is 11.1 Å². The molecule has 0 bridgehead atoms. The Morgan fingerprint density at radius 3 is 3.00 bits per heavy atom. The zero-order chi connectivity index (χ0) is 14.7. The van der Waals surface area contributed by atoms with Crippen LogP contribution in [-0.4, -0.2) is 12.5 Å². The molecule has 0 fully saturated rings. The van der Waals surface area contributed by atoms with Crippen LogP contribution in [0.2, 0.25) is 0 Å². The van der Waals surface area contributed by atoms with Crippen LogP contribution in [0, 0.1) is 6.92 Å². The Labute approximate surface area is 124 Å². The number of hydrogen-bond acceptors (Lipinski definition) is 2. The van der Waals surface area contributed by atoms with E-state index in [4.69, 9.17) is 4.74 Å². The third-order valence-electron chi connectivity index (χ3n) is 3.70. The van der Waals surface area contributed by atoms with E-state index in [9.17, 15) is 4.79 Å². The fraction of sp³-hybridized carbons (Fsp3) is 0.278. The van der Waals surface area contributed by atoms with Gasteiger partial charge < -0.3 is 10.1 Å². The molecule has 2 aromatic carbocycles. The van der Waals surface area contributed by atoms with Crippen LogP contribution in [0.5, 0.6) is 5.75 Å². The SMILES string of the molecule is Cc1cccc(NC(=O)CCc2ccc3c(c2)CCO3)c1. The van der Waals surface area contributed by atoms with Gasteiger partial charge in [0.1, 0.15) is 5.75 Å². The van der Waals surface area contributed by atoms with Crippen molar-refractivity contribution in [2.45, 2.75) is 26.2 Å². The Kier molecular flexibility index (Phi) is 3.91. The third-order valence-corrected chi connectivity index (χ3v) is 3.70. The van der Waals surface area contributed by atoms with E-state index in [1.54, 1.807) is 0 Å². The Bertz CT molecular complexity index is 664. The topological polar surface area (TPSA) is 38.3 Å². The van der Waals surface area contributed by atoms with Crippen molar-refractivity contribution in [1.82, 2.24) is 0 Å². The van der Waals surface area contributed by atoms with Crippen molar-refractivity contribution >= 4 is 11.6 Å². The number of ether oxygens (including phenoxy) is 1. The van der Waals surface area contributed by atoms with Gasteiger partial charge in [-0.05, 0) is 48.2 Å². The summed E-state index contributed by atoms with van der Waals surface area (Å²) in [4.78, 5) is 12.0. The molecule has 108 valence electrons. The maximum Gasteiger partial charge on any atom is 0.224 e. The molecule has 0 saturated heterocycles. The smallest absolute Gasteiger partial charge is 0.224 e. The van der Waals surface area contributed by atoms with Crippen LogP contribution in [0.3, 0.4) is 0 Å². The zero-order valence-electron chi connectivity index (χ0n) is 12.2. The molecule has 0 unspecified atom stereocenters. The molecular weight excluding hydrogens is 262 g/mol. The summed E-state index contributed by atoms with van der Waals surface area (Å²) in [6, 6.07) is 14.1. The molecule has 1 amide bonds. The van der Waals surface area contributed by atoms with Gasteiger partial charge in [-0.3, -0.25) is 4.79 Å². The lowest BCUT2D eigenvalue weighted by Gasteiger charge is -2.07. The summed E-state index contributed by atoms with van der Waals surface area (Å²) in [6.07, 6.45) is 2.22. The molecule has 0 radical (unpaired) electrons. The number of carbonyl (C=O) groups excluding carboxylic acids is 1. The highest BCUT2D eigenvalue weighted by molar-refractivity contribution is 5.90. The van der Waals surface area contributed by atoms with Gasteiger partial charge in [0, 0.05) is 18.5 Å². The number of amides is 1. The number of aryl methyl sites for hydroxylation is 2. The molecule has 2 aromatic rings. The van der Waals surface area contributed by atoms with Crippen molar-refractivity contribution in [3.05, 3.63) is 59.2 Å². The van der Waals surface area contributed by atoms with Gasteiger partial charge in [-0.2, -0.15) is 0 Å². The highest BCUT2D eigenvalue weighted by Crippen LogP contribution is 2.26. The Hall–Kier alpha value is -2.29. The highest BCUT2D eigenvalue weighted by Gasteiger charge is 2.12. The van der Waals surface area contributed by atoms with Gasteiger partial charge in [0.2, 0.25) is 5.91 Å². The minimum Gasteiger partial charge on any atom is -0.493 e. The molecule has 0 aliphatic carbocycles. The number of anilines is 1. The first kappa shape index (κ1) is 13.7. The molecule has 1 aliphatic heterocycles. The zero-order valence-corrected chi connectivity index (χ0v) is 12.2. The predicted molar refractivity (Wildman–Crippen MR) is 83.8 cm³/mol. The van der Waals surface area contributed by atoms with Crippen LogP contribution >= 0.6 is 0 Å². The molecule has 21 heavy (non-hydrogen) atoms. The van der Waals surface area contributed by atoms with Crippen molar-refractivity contribution in [2.75, 3.05) is 11.9 Å². The lowest BCUT2D eigenvalue weighted by Crippen LogP contribution is -2.12. The van der Waals surface area contributed by atoms with E-state index in [-0.39, 0.29) is 5.91 Å². The van der Waals surface area contributed by atoms with Crippen LogP contribution in [0.4, 0.5) is 5.69 Å². The molecule has 1 N–H and O–H groups in total. The van der Waals surface area contributed by atoms with Crippen molar-refractivity contribution in [3.8, 4) is 5.75 Å². The van der Waals surface area contributed by atoms with Gasteiger partial charge in [0.15, 0.2) is 0 Å². The summed E-state index contributed by atoms with van der Waals surface area (Å²) in [7, 11) is 0. The first-order valence-corrected chi connectivity index (χ1v) is 7.32. The monoisotopic (exact) mass is 281 g/mol. The molecule has 3 heteroatoms. The van der Waals surface area contributed by atoms with Gasteiger partial charge in [-0.15, -0.1) is 0 Å². The number of fused-ring (bicyclic) bond motifs is 1. The van der Waals surface area contributed by atoms with Gasteiger partial charge in [-0.1, -0.05) is 24.3 Å². The van der Waals surface area contributed by atoms with Crippen LogP contribution in [0.15, 0.2) is 42.5 Å². The molecule has 3 nitrogen and oxygen atoms in total. The number of rotatable bonds is 4. The molecule has 0 spiro atoms. The Morgan fingerprint density at radius 2 is 2.14 bits per heavy atom. The van der Waals surface area contributed by atoms with E-state index in [2.05, 4.69) is 11.4 Å². The second-order valence-corrected chi connectivity index (χ2v) is 5.46. The summed E-state index contributed by atoms with van der Waals surface area (Å²) in [5.41, 5.74) is 4.46. The molecule has 0 saturated carbocycles. The summed E-state index contributed by atoms with van der Waals surface area (Å²) < 4.78 is 5.49. The van der Waals surface area contributed by atoms with Gasteiger partial charge >= 0.3 is 0 Å². The quantitative estimate of drug-likeness (QED) is 0.931. The first-order valence-electron chi connectivity index (χ1n) is 7.32. The van der Waals surface area contributed by atoms with Crippen LogP contribution < -0.4 is 10.1 Å². The largest absolute Gasteiger partial charge is 0.493 e. The molecule has 1 heterocycles. The number of benzene rings is 2. The minimum absolute atomic E-state index is 0.0531. The maximum absolute atomic E-state index is 12.0. The van der Waals surface area contributed by atoms with Crippen LogP contribution in [-0.2, 0) is 17.6 Å². The normalized spacial score (nSPS) is 12.6. The fourth-order valence-corrected chi connectivity index (χ4v) is 2.60. The highest BCUT2D eigenvalue weighted by atomic mass is 16.5. The summed E-state index contributed by atoms with van der Waals surface area (Å²) in [5, 5.41) is 2.94. The van der Waals surface area contributed by atoms with Gasteiger partial charge in [0.05, 0.1) is 6.61 Å². The van der Waals surface area contributed by atoms with E-state index < -0.39 is 0 Å². The van der Waals surface area contributed by atoms with Crippen molar-refractivity contribution in [1.29, 1.82) is 0 Å². The van der Waals surface area contributed by atoms with Crippen molar-refractivity contribution in [2.24, 2.45) is 0 Å². The van der Waals surface area contributed by atoms with Crippen LogP contribution in [0.25, 0.3) is 0 Å². The Balaban J connectivity index is 1.56. The van der Waals surface area contributed by atoms with Crippen LogP contribution in [0.1, 0.15) is 23.1 Å². The summed E-state index contributed by atoms with van der Waals surface area (Å²) in [5.74, 6) is 1.04. The maximum atomic E-state index is 12.0. The standard InChI is InChI=1S/C18H19NO2/c1-13-3-2-4-16(11-13)19-18(20)8-6-14-5-7-17-15(12-14)9-10-21-17/h2-5,7,11-12H,6,8-10H2,1H3,(H,19,20). The first-order chi connectivity index (χ1) is 10.2. The lowest BCUT2D eigenvalue weighted by molar-refractivity contribution is -0.116. The summed E-state index contributed by atoms with van der Waals surface area (Å²) >= 11 is 0. The Morgan fingerprint density at radius 1 is 1.24 bits per heavy atom. The molecule has 0 atom stereocenters. The van der Waals surface area contributed by atoms with E-state index in [1.807, 2.05) is 43.3 Å². The number of hydrogen-bond donors (Lipinski definition) is 1. The molecule has 1 aliphatic rings. The number of carbonyl (C=O) groups is 1. The van der Waals surface area contributed by atoms with Crippen molar-refractivity contribution < 1.29 is 9.53 Å². The summed E-state index contributed by atoms with van der Waals surface area (Å²) in [6.45, 7) is 2.79. The average molecular weight is 281 g/mol. The predicted octanol–water partition coefficient (Wildman–Crippen LogP) is 3.50. The fourth-order valence-electron chi connectivity index (χ4n) is 2.60. The minimum atomic E-state index is 0.0531. The second kappa shape index (κ2) is 6.00. The lowest BCUT2D eigenvalue weighted by atomic mass is 10.0. The van der Waals surface area contributed by atoms with Crippen molar-refractivity contribution in [3.63, 3.8) is 0 Å². The molecule has 0 aromatic heterocycles. The van der Waals surface area contributed by atoms with Gasteiger partial charge in [0.25, 0.3) is 0 Å². The number of nitrogens with one attached hydrogen (secondary N) is 1. The third kappa shape index (κ3) is 3.43. The second-order valence-electron chi connectivity index (χ2n) is 5.46. The van der Waals surface area contributed by atoms with E-state index in [0.717, 1.165) is 36.4 Å². The average Bonchev–Trinajstić information content (AvgIpc) is 2.92.